The molecule has 0 aliphatic rings. The number of ether oxygens (including phenoxy) is 1. The highest BCUT2D eigenvalue weighted by molar-refractivity contribution is 7.12. The van der Waals surface area contributed by atoms with E-state index in [-0.39, 0.29) is 0 Å². The van der Waals surface area contributed by atoms with Crippen molar-refractivity contribution in [1.29, 1.82) is 0 Å². The third-order valence-electron chi connectivity index (χ3n) is 2.04. The van der Waals surface area contributed by atoms with Gasteiger partial charge in [-0.25, -0.2) is 0 Å². The van der Waals surface area contributed by atoms with Crippen LogP contribution < -0.4 is 0 Å². The zero-order valence-corrected chi connectivity index (χ0v) is 9.54. The first-order chi connectivity index (χ1) is 6.24. The molecule has 1 rings (SSSR count). The Bertz CT molecular complexity index is 253. The largest absolute Gasteiger partial charge is 0.377 e. The van der Waals surface area contributed by atoms with Crippen molar-refractivity contribution in [3.63, 3.8) is 0 Å². The molecule has 0 aliphatic carbocycles. The molecule has 2 heteroatoms. The molecule has 1 nitrogen and oxygen atoms in total. The van der Waals surface area contributed by atoms with E-state index in [2.05, 4.69) is 26.8 Å². The Morgan fingerprint density at radius 3 is 2.69 bits per heavy atom. The van der Waals surface area contributed by atoms with Crippen molar-refractivity contribution in [2.45, 2.75) is 40.2 Å². The van der Waals surface area contributed by atoms with Crippen LogP contribution in [0.4, 0.5) is 0 Å². The highest BCUT2D eigenvalue weighted by atomic mass is 32.1. The molecule has 0 amide bonds. The first-order valence-corrected chi connectivity index (χ1v) is 5.69. The summed E-state index contributed by atoms with van der Waals surface area (Å²) in [4.78, 5) is 2.78. The van der Waals surface area contributed by atoms with E-state index in [9.17, 15) is 0 Å². The van der Waals surface area contributed by atoms with E-state index in [1.165, 1.54) is 28.2 Å². The normalized spacial score (nSPS) is 10.7. The summed E-state index contributed by atoms with van der Waals surface area (Å²) >= 11 is 1.85. The molecule has 0 aromatic carbocycles. The zero-order chi connectivity index (χ0) is 9.68. The van der Waals surface area contributed by atoms with Crippen molar-refractivity contribution < 1.29 is 4.74 Å². The van der Waals surface area contributed by atoms with E-state index in [0.29, 0.717) is 0 Å². The van der Waals surface area contributed by atoms with E-state index in [4.69, 9.17) is 4.74 Å². The number of aryl methyl sites for hydroxylation is 2. The smallest absolute Gasteiger partial charge is 0.0727 e. The van der Waals surface area contributed by atoms with Gasteiger partial charge in [0, 0.05) is 16.4 Å². The molecule has 0 N–H and O–H groups in total. The SMILES string of the molecule is CCCCOCc1cc(C)sc1C. The fourth-order valence-electron chi connectivity index (χ4n) is 1.26. The zero-order valence-electron chi connectivity index (χ0n) is 8.72. The van der Waals surface area contributed by atoms with Crippen molar-refractivity contribution in [2.24, 2.45) is 0 Å². The van der Waals surface area contributed by atoms with Crippen LogP contribution in [0.25, 0.3) is 0 Å². The lowest BCUT2D eigenvalue weighted by atomic mass is 10.2. The number of rotatable bonds is 5. The van der Waals surface area contributed by atoms with Gasteiger partial charge in [0.1, 0.15) is 0 Å². The highest BCUT2D eigenvalue weighted by Crippen LogP contribution is 2.21. The molecule has 13 heavy (non-hydrogen) atoms. The number of hydrogen-bond acceptors (Lipinski definition) is 2. The Hall–Kier alpha value is -0.340. The summed E-state index contributed by atoms with van der Waals surface area (Å²) in [6.45, 7) is 8.17. The molecule has 0 aliphatic heterocycles. The van der Waals surface area contributed by atoms with E-state index in [1.54, 1.807) is 0 Å². The predicted octanol–water partition coefficient (Wildman–Crippen LogP) is 3.68. The molecule has 1 aromatic heterocycles. The van der Waals surface area contributed by atoms with Gasteiger partial charge >= 0.3 is 0 Å². The third kappa shape index (κ3) is 3.49. The highest BCUT2D eigenvalue weighted by Gasteiger charge is 2.01. The molecule has 74 valence electrons. The average Bonchev–Trinajstić information content (AvgIpc) is 2.39. The standard InChI is InChI=1S/C11H18OS/c1-4-5-6-12-8-11-7-9(2)13-10(11)3/h7H,4-6,8H2,1-3H3. The summed E-state index contributed by atoms with van der Waals surface area (Å²) in [5, 5.41) is 0. The fourth-order valence-corrected chi connectivity index (χ4v) is 2.19. The molecule has 0 bridgehead atoms. The van der Waals surface area contributed by atoms with Crippen molar-refractivity contribution in [3.8, 4) is 0 Å². The van der Waals surface area contributed by atoms with Crippen LogP contribution in [-0.2, 0) is 11.3 Å². The van der Waals surface area contributed by atoms with Crippen LogP contribution in [0.3, 0.4) is 0 Å². The van der Waals surface area contributed by atoms with Crippen molar-refractivity contribution in [1.82, 2.24) is 0 Å². The van der Waals surface area contributed by atoms with Crippen molar-refractivity contribution in [2.75, 3.05) is 6.61 Å². The predicted molar refractivity (Wildman–Crippen MR) is 58.4 cm³/mol. The molecule has 0 saturated heterocycles. The summed E-state index contributed by atoms with van der Waals surface area (Å²) in [6, 6.07) is 2.23. The van der Waals surface area contributed by atoms with Gasteiger partial charge in [-0.2, -0.15) is 0 Å². The molecule has 1 aromatic rings. The van der Waals surface area contributed by atoms with Crippen LogP contribution in [0.1, 0.15) is 35.1 Å². The van der Waals surface area contributed by atoms with Gasteiger partial charge in [0.15, 0.2) is 0 Å². The summed E-state index contributed by atoms with van der Waals surface area (Å²) in [7, 11) is 0. The second kappa shape index (κ2) is 5.40. The third-order valence-corrected chi connectivity index (χ3v) is 3.05. The van der Waals surface area contributed by atoms with Gasteiger partial charge in [-0.15, -0.1) is 11.3 Å². The first-order valence-electron chi connectivity index (χ1n) is 4.87. The van der Waals surface area contributed by atoms with Gasteiger partial charge in [0.2, 0.25) is 0 Å². The number of thiophene rings is 1. The van der Waals surface area contributed by atoms with E-state index < -0.39 is 0 Å². The van der Waals surface area contributed by atoms with Crippen LogP contribution in [0.15, 0.2) is 6.07 Å². The lowest BCUT2D eigenvalue weighted by Crippen LogP contribution is -1.94. The van der Waals surface area contributed by atoms with Crippen LogP contribution >= 0.6 is 11.3 Å². The quantitative estimate of drug-likeness (QED) is 0.656. The van der Waals surface area contributed by atoms with E-state index >= 15 is 0 Å². The summed E-state index contributed by atoms with van der Waals surface area (Å²) in [6.07, 6.45) is 2.38. The molecule has 0 atom stereocenters. The Balaban J connectivity index is 2.32. The van der Waals surface area contributed by atoms with Crippen LogP contribution in [0.5, 0.6) is 0 Å². The minimum atomic E-state index is 0.788. The minimum absolute atomic E-state index is 0.788. The van der Waals surface area contributed by atoms with Gasteiger partial charge < -0.3 is 4.74 Å². The maximum atomic E-state index is 5.56. The molecule has 0 radical (unpaired) electrons. The first kappa shape index (κ1) is 10.7. The van der Waals surface area contributed by atoms with Crippen LogP contribution in [0.2, 0.25) is 0 Å². The molecule has 0 fully saturated rings. The molecule has 0 saturated carbocycles. The molecular formula is C11H18OS. The summed E-state index contributed by atoms with van der Waals surface area (Å²) < 4.78 is 5.56. The molecule has 1 heterocycles. The minimum Gasteiger partial charge on any atom is -0.377 e. The van der Waals surface area contributed by atoms with Gasteiger partial charge in [0.25, 0.3) is 0 Å². The Labute approximate surface area is 84.7 Å². The lowest BCUT2D eigenvalue weighted by molar-refractivity contribution is 0.118. The Morgan fingerprint density at radius 1 is 1.38 bits per heavy atom. The van der Waals surface area contributed by atoms with E-state index in [1.807, 2.05) is 11.3 Å². The van der Waals surface area contributed by atoms with Gasteiger partial charge in [-0.1, -0.05) is 13.3 Å². The van der Waals surface area contributed by atoms with Crippen LogP contribution in [-0.4, -0.2) is 6.61 Å². The number of unbranched alkanes of at least 4 members (excludes halogenated alkanes) is 1. The molecule has 0 spiro atoms. The van der Waals surface area contributed by atoms with Crippen molar-refractivity contribution >= 4 is 11.3 Å². The Kier molecular flexibility index (Phi) is 4.46. The second-order valence-electron chi connectivity index (χ2n) is 3.34. The van der Waals surface area contributed by atoms with Gasteiger partial charge in [0.05, 0.1) is 6.61 Å². The summed E-state index contributed by atoms with van der Waals surface area (Å²) in [5.74, 6) is 0. The lowest BCUT2D eigenvalue weighted by Gasteiger charge is -2.01. The maximum Gasteiger partial charge on any atom is 0.0727 e. The maximum absolute atomic E-state index is 5.56. The topological polar surface area (TPSA) is 9.23 Å². The number of hydrogen-bond donors (Lipinski definition) is 0. The average molecular weight is 198 g/mol. The molecular weight excluding hydrogens is 180 g/mol. The second-order valence-corrected chi connectivity index (χ2v) is 4.81. The van der Waals surface area contributed by atoms with Gasteiger partial charge in [-0.3, -0.25) is 0 Å². The van der Waals surface area contributed by atoms with E-state index in [0.717, 1.165) is 13.2 Å². The van der Waals surface area contributed by atoms with Crippen molar-refractivity contribution in [3.05, 3.63) is 21.4 Å². The fraction of sp³-hybridized carbons (Fsp3) is 0.636. The molecule has 0 unspecified atom stereocenters. The monoisotopic (exact) mass is 198 g/mol. The summed E-state index contributed by atoms with van der Waals surface area (Å²) in [5.41, 5.74) is 1.36. The van der Waals surface area contributed by atoms with Crippen LogP contribution in [0, 0.1) is 13.8 Å². The Morgan fingerprint density at radius 2 is 2.15 bits per heavy atom. The van der Waals surface area contributed by atoms with Gasteiger partial charge in [-0.05, 0) is 31.9 Å².